The van der Waals surface area contributed by atoms with Crippen LogP contribution in [0.4, 0.5) is 4.79 Å². The van der Waals surface area contributed by atoms with Crippen LogP contribution in [0.2, 0.25) is 0 Å². The van der Waals surface area contributed by atoms with Crippen molar-refractivity contribution in [1.29, 1.82) is 0 Å². The standard InChI is InChI=1S/C16H32N2O3S/c1-15(2,3)21-14(19)18-9-7-6-8-13(18)10-17-11-16(4,20)12-22-5/h13,17,20H,6-12H2,1-5H3. The van der Waals surface area contributed by atoms with Crippen molar-refractivity contribution >= 4 is 17.9 Å². The summed E-state index contributed by atoms with van der Waals surface area (Å²) >= 11 is 1.63. The maximum atomic E-state index is 12.3. The van der Waals surface area contributed by atoms with Gasteiger partial charge in [0.1, 0.15) is 5.60 Å². The van der Waals surface area contributed by atoms with Gasteiger partial charge in [0.05, 0.1) is 5.60 Å². The summed E-state index contributed by atoms with van der Waals surface area (Å²) in [6, 6.07) is 0.147. The fourth-order valence-corrected chi connectivity index (χ4v) is 3.37. The molecule has 0 aromatic carbocycles. The number of carbonyl (C=O) groups is 1. The van der Waals surface area contributed by atoms with Crippen molar-refractivity contribution in [2.24, 2.45) is 0 Å². The Labute approximate surface area is 139 Å². The number of likely N-dealkylation sites (tertiary alicyclic amines) is 1. The first-order chi connectivity index (χ1) is 10.1. The van der Waals surface area contributed by atoms with Gasteiger partial charge in [-0.05, 0) is 53.2 Å². The molecule has 0 saturated carbocycles. The summed E-state index contributed by atoms with van der Waals surface area (Å²) in [7, 11) is 0. The van der Waals surface area contributed by atoms with Gasteiger partial charge in [-0.2, -0.15) is 11.8 Å². The summed E-state index contributed by atoms with van der Waals surface area (Å²) in [6.07, 6.45) is 4.90. The van der Waals surface area contributed by atoms with Crippen LogP contribution in [-0.4, -0.2) is 65.0 Å². The van der Waals surface area contributed by atoms with Crippen LogP contribution in [-0.2, 0) is 4.74 Å². The minimum absolute atomic E-state index is 0.147. The first kappa shape index (κ1) is 19.6. The predicted molar refractivity (Wildman–Crippen MR) is 92.5 cm³/mol. The Morgan fingerprint density at radius 3 is 2.64 bits per heavy atom. The Bertz CT molecular complexity index is 356. The van der Waals surface area contributed by atoms with E-state index in [1.165, 1.54) is 0 Å². The highest BCUT2D eigenvalue weighted by atomic mass is 32.2. The molecule has 0 aliphatic carbocycles. The van der Waals surface area contributed by atoms with Crippen LogP contribution in [0.15, 0.2) is 0 Å². The van der Waals surface area contributed by atoms with Crippen LogP contribution in [0.1, 0.15) is 47.0 Å². The molecule has 2 atom stereocenters. The van der Waals surface area contributed by atoms with Gasteiger partial charge in [0.15, 0.2) is 0 Å². The topological polar surface area (TPSA) is 61.8 Å². The molecule has 130 valence electrons. The second-order valence-corrected chi connectivity index (χ2v) is 8.25. The lowest BCUT2D eigenvalue weighted by Crippen LogP contribution is -2.52. The lowest BCUT2D eigenvalue weighted by Gasteiger charge is -2.37. The highest BCUT2D eigenvalue weighted by molar-refractivity contribution is 7.98. The average Bonchev–Trinajstić information content (AvgIpc) is 2.36. The second kappa shape index (κ2) is 8.41. The van der Waals surface area contributed by atoms with E-state index < -0.39 is 11.2 Å². The predicted octanol–water partition coefficient (Wildman–Crippen LogP) is 2.48. The van der Waals surface area contributed by atoms with E-state index in [1.54, 1.807) is 11.8 Å². The molecule has 1 saturated heterocycles. The van der Waals surface area contributed by atoms with Gasteiger partial charge in [-0.25, -0.2) is 4.79 Å². The Morgan fingerprint density at radius 1 is 1.36 bits per heavy atom. The molecule has 1 fully saturated rings. The van der Waals surface area contributed by atoms with Crippen molar-refractivity contribution in [2.75, 3.05) is 31.6 Å². The number of amides is 1. The van der Waals surface area contributed by atoms with Crippen LogP contribution in [0.25, 0.3) is 0 Å². The Morgan fingerprint density at radius 2 is 2.05 bits per heavy atom. The molecular weight excluding hydrogens is 300 g/mol. The van der Waals surface area contributed by atoms with Gasteiger partial charge in [-0.15, -0.1) is 0 Å². The minimum atomic E-state index is -0.717. The molecule has 1 amide bonds. The zero-order valence-corrected chi connectivity index (χ0v) is 15.5. The monoisotopic (exact) mass is 332 g/mol. The highest BCUT2D eigenvalue weighted by Crippen LogP contribution is 2.20. The van der Waals surface area contributed by atoms with E-state index in [9.17, 15) is 9.90 Å². The Kier molecular flexibility index (Phi) is 7.49. The van der Waals surface area contributed by atoms with Gasteiger partial charge in [-0.3, -0.25) is 0 Å². The van der Waals surface area contributed by atoms with E-state index in [1.807, 2.05) is 38.9 Å². The Hall–Kier alpha value is -0.460. The van der Waals surface area contributed by atoms with E-state index in [0.717, 1.165) is 25.8 Å². The van der Waals surface area contributed by atoms with E-state index in [4.69, 9.17) is 4.74 Å². The number of hydrogen-bond acceptors (Lipinski definition) is 5. The largest absolute Gasteiger partial charge is 0.444 e. The van der Waals surface area contributed by atoms with E-state index in [0.29, 0.717) is 18.8 Å². The first-order valence-electron chi connectivity index (χ1n) is 8.06. The SMILES string of the molecule is CSCC(C)(O)CNCC1CCCCN1C(=O)OC(C)(C)C. The van der Waals surface area contributed by atoms with Gasteiger partial charge >= 0.3 is 6.09 Å². The third kappa shape index (κ3) is 7.20. The molecule has 2 unspecified atom stereocenters. The van der Waals surface area contributed by atoms with Gasteiger partial charge in [0.25, 0.3) is 0 Å². The normalized spacial score (nSPS) is 22.3. The number of nitrogens with zero attached hydrogens (tertiary/aromatic N) is 1. The summed E-state index contributed by atoms with van der Waals surface area (Å²) in [5.74, 6) is 0.695. The molecule has 1 rings (SSSR count). The lowest BCUT2D eigenvalue weighted by molar-refractivity contribution is 0.00916. The number of nitrogens with one attached hydrogen (secondary N) is 1. The third-order valence-electron chi connectivity index (χ3n) is 3.60. The summed E-state index contributed by atoms with van der Waals surface area (Å²) in [4.78, 5) is 14.1. The van der Waals surface area contributed by atoms with Crippen molar-refractivity contribution in [1.82, 2.24) is 10.2 Å². The van der Waals surface area contributed by atoms with Gasteiger partial charge < -0.3 is 20.1 Å². The molecule has 2 N–H and O–H groups in total. The van der Waals surface area contributed by atoms with Crippen molar-refractivity contribution in [3.05, 3.63) is 0 Å². The van der Waals surface area contributed by atoms with Crippen LogP contribution >= 0.6 is 11.8 Å². The molecule has 0 bridgehead atoms. The van der Waals surface area contributed by atoms with Crippen LogP contribution < -0.4 is 5.32 Å². The summed E-state index contributed by atoms with van der Waals surface area (Å²) in [5.41, 5.74) is -1.18. The quantitative estimate of drug-likeness (QED) is 0.782. The Balaban J connectivity index is 2.50. The molecule has 1 aliphatic rings. The third-order valence-corrected chi connectivity index (χ3v) is 4.51. The average molecular weight is 333 g/mol. The molecule has 22 heavy (non-hydrogen) atoms. The van der Waals surface area contributed by atoms with E-state index >= 15 is 0 Å². The molecule has 6 heteroatoms. The number of ether oxygens (including phenoxy) is 1. The molecule has 0 spiro atoms. The number of rotatable bonds is 6. The van der Waals surface area contributed by atoms with Crippen molar-refractivity contribution in [3.63, 3.8) is 0 Å². The number of carbonyl (C=O) groups excluding carboxylic acids is 1. The minimum Gasteiger partial charge on any atom is -0.444 e. The van der Waals surface area contributed by atoms with Crippen LogP contribution in [0.5, 0.6) is 0 Å². The van der Waals surface area contributed by atoms with E-state index in [-0.39, 0.29) is 12.1 Å². The van der Waals surface area contributed by atoms with Crippen molar-refractivity contribution in [2.45, 2.75) is 64.2 Å². The smallest absolute Gasteiger partial charge is 0.410 e. The first-order valence-corrected chi connectivity index (χ1v) is 9.46. The highest BCUT2D eigenvalue weighted by Gasteiger charge is 2.30. The zero-order chi connectivity index (χ0) is 16.8. The van der Waals surface area contributed by atoms with Crippen molar-refractivity contribution < 1.29 is 14.6 Å². The lowest BCUT2D eigenvalue weighted by atomic mass is 10.0. The van der Waals surface area contributed by atoms with Crippen LogP contribution in [0.3, 0.4) is 0 Å². The molecule has 1 heterocycles. The fourth-order valence-electron chi connectivity index (χ4n) is 2.64. The molecule has 0 aromatic heterocycles. The number of hydrogen-bond donors (Lipinski definition) is 2. The van der Waals surface area contributed by atoms with Gasteiger partial charge in [0.2, 0.25) is 0 Å². The summed E-state index contributed by atoms with van der Waals surface area (Å²) in [5, 5.41) is 13.5. The zero-order valence-electron chi connectivity index (χ0n) is 14.6. The van der Waals surface area contributed by atoms with Crippen LogP contribution in [0, 0.1) is 0 Å². The number of thioether (sulfide) groups is 1. The molecule has 5 nitrogen and oxygen atoms in total. The number of aliphatic hydroxyl groups is 1. The van der Waals surface area contributed by atoms with Gasteiger partial charge in [-0.1, -0.05) is 0 Å². The molecule has 0 radical (unpaired) electrons. The van der Waals surface area contributed by atoms with Gasteiger partial charge in [0, 0.05) is 31.4 Å². The maximum Gasteiger partial charge on any atom is 0.410 e. The molecular formula is C16H32N2O3S. The summed E-state index contributed by atoms with van der Waals surface area (Å²) in [6.45, 7) is 9.49. The fraction of sp³-hybridized carbons (Fsp3) is 0.938. The van der Waals surface area contributed by atoms with Crippen molar-refractivity contribution in [3.8, 4) is 0 Å². The molecule has 0 aromatic rings. The maximum absolute atomic E-state index is 12.3. The van der Waals surface area contributed by atoms with E-state index in [2.05, 4.69) is 5.32 Å². The summed E-state index contributed by atoms with van der Waals surface area (Å²) < 4.78 is 5.50. The number of piperidine rings is 1. The molecule has 1 aliphatic heterocycles. The second-order valence-electron chi connectivity index (χ2n) is 7.38.